The number of carbonyl (C=O) groups excluding carboxylic acids is 1. The van der Waals surface area contributed by atoms with Crippen LogP contribution in [0.3, 0.4) is 0 Å². The lowest BCUT2D eigenvalue weighted by atomic mass is 10.1. The van der Waals surface area contributed by atoms with Crippen LogP contribution in [0, 0.1) is 5.92 Å². The molecule has 2 N–H and O–H groups in total. The summed E-state index contributed by atoms with van der Waals surface area (Å²) in [6, 6.07) is 0. The van der Waals surface area contributed by atoms with E-state index < -0.39 is 5.60 Å². The van der Waals surface area contributed by atoms with Crippen LogP contribution in [-0.4, -0.2) is 23.4 Å². The van der Waals surface area contributed by atoms with E-state index >= 15 is 0 Å². The fraction of sp³-hybridized carbons (Fsp3) is 0.889. The molecular weight excluding hydrogens is 234 g/mol. The molecule has 0 rings (SSSR count). The van der Waals surface area contributed by atoms with Crippen molar-refractivity contribution >= 4 is 21.9 Å². The zero-order valence-corrected chi connectivity index (χ0v) is 10.1. The topological polar surface area (TPSA) is 52.3 Å². The number of hydrogen-bond donors (Lipinski definition) is 1. The van der Waals surface area contributed by atoms with Crippen LogP contribution in [0.15, 0.2) is 0 Å². The lowest BCUT2D eigenvalue weighted by molar-refractivity contribution is -0.159. The number of esters is 1. The molecule has 0 spiro atoms. The van der Waals surface area contributed by atoms with Crippen molar-refractivity contribution in [3.63, 3.8) is 0 Å². The van der Waals surface area contributed by atoms with E-state index in [0.717, 1.165) is 11.8 Å². The van der Waals surface area contributed by atoms with Gasteiger partial charge in [-0.1, -0.05) is 15.9 Å². The average Bonchev–Trinajstić information content (AvgIpc) is 1.96. The predicted octanol–water partition coefficient (Wildman–Crippen LogP) is 1.69. The first-order valence-electron chi connectivity index (χ1n) is 4.39. The Kier molecular flexibility index (Phi) is 5.56. The van der Waals surface area contributed by atoms with Gasteiger partial charge in [0.05, 0.1) is 5.92 Å². The van der Waals surface area contributed by atoms with Gasteiger partial charge in [-0.05, 0) is 27.2 Å². The maximum Gasteiger partial charge on any atom is 0.310 e. The van der Waals surface area contributed by atoms with Gasteiger partial charge in [0.15, 0.2) is 0 Å². The molecule has 13 heavy (non-hydrogen) atoms. The molecule has 0 aromatic rings. The summed E-state index contributed by atoms with van der Waals surface area (Å²) < 4.78 is 5.20. The second-order valence-corrected chi connectivity index (χ2v) is 4.74. The van der Waals surface area contributed by atoms with Crippen LogP contribution in [0.2, 0.25) is 0 Å². The molecule has 0 fully saturated rings. The molecule has 0 aromatic heterocycles. The summed E-state index contributed by atoms with van der Waals surface area (Å²) in [6.45, 7) is 5.91. The highest BCUT2D eigenvalue weighted by molar-refractivity contribution is 9.09. The third kappa shape index (κ3) is 6.05. The van der Waals surface area contributed by atoms with E-state index in [4.69, 9.17) is 10.5 Å². The quantitative estimate of drug-likeness (QED) is 0.611. The SMILES string of the molecule is CC(C)(C)OC(=O)C(CN)CCBr. The van der Waals surface area contributed by atoms with Crippen LogP contribution >= 0.6 is 15.9 Å². The summed E-state index contributed by atoms with van der Waals surface area (Å²) in [7, 11) is 0. The number of hydrogen-bond acceptors (Lipinski definition) is 3. The molecule has 1 unspecified atom stereocenters. The van der Waals surface area contributed by atoms with Gasteiger partial charge in [0.1, 0.15) is 5.60 Å². The Hall–Kier alpha value is -0.0900. The molecule has 0 saturated carbocycles. The van der Waals surface area contributed by atoms with Gasteiger partial charge < -0.3 is 10.5 Å². The lowest BCUT2D eigenvalue weighted by Crippen LogP contribution is -2.32. The number of alkyl halides is 1. The molecule has 78 valence electrons. The Labute approximate surface area is 88.1 Å². The second kappa shape index (κ2) is 5.60. The highest BCUT2D eigenvalue weighted by Crippen LogP contribution is 2.13. The summed E-state index contributed by atoms with van der Waals surface area (Å²) in [5, 5.41) is 0.772. The van der Waals surface area contributed by atoms with Crippen molar-refractivity contribution in [1.29, 1.82) is 0 Å². The van der Waals surface area contributed by atoms with E-state index in [-0.39, 0.29) is 11.9 Å². The maximum atomic E-state index is 11.5. The van der Waals surface area contributed by atoms with Crippen LogP contribution in [0.1, 0.15) is 27.2 Å². The Balaban J connectivity index is 4.06. The van der Waals surface area contributed by atoms with Crippen LogP contribution < -0.4 is 5.73 Å². The Morgan fingerprint density at radius 2 is 2.08 bits per heavy atom. The maximum absolute atomic E-state index is 11.5. The Morgan fingerprint density at radius 3 is 2.38 bits per heavy atom. The van der Waals surface area contributed by atoms with Gasteiger partial charge >= 0.3 is 5.97 Å². The molecule has 0 amide bonds. The largest absolute Gasteiger partial charge is 0.460 e. The minimum absolute atomic E-state index is 0.182. The lowest BCUT2D eigenvalue weighted by Gasteiger charge is -2.22. The van der Waals surface area contributed by atoms with Gasteiger partial charge in [0.2, 0.25) is 0 Å². The minimum atomic E-state index is -0.420. The van der Waals surface area contributed by atoms with Gasteiger partial charge in [-0.2, -0.15) is 0 Å². The second-order valence-electron chi connectivity index (χ2n) is 3.94. The highest BCUT2D eigenvalue weighted by atomic mass is 79.9. The number of carbonyl (C=O) groups is 1. The number of ether oxygens (including phenoxy) is 1. The Bertz CT molecular complexity index is 165. The highest BCUT2D eigenvalue weighted by Gasteiger charge is 2.23. The third-order valence-corrected chi connectivity index (χ3v) is 1.94. The molecular formula is C9H18BrNO2. The first-order chi connectivity index (χ1) is 5.90. The van der Waals surface area contributed by atoms with Crippen molar-refractivity contribution in [2.75, 3.05) is 11.9 Å². The van der Waals surface area contributed by atoms with E-state index in [0.29, 0.717) is 6.54 Å². The van der Waals surface area contributed by atoms with E-state index in [9.17, 15) is 4.79 Å². The number of rotatable bonds is 4. The molecule has 0 aliphatic heterocycles. The van der Waals surface area contributed by atoms with E-state index in [1.165, 1.54) is 0 Å². The molecule has 1 atom stereocenters. The molecule has 0 saturated heterocycles. The minimum Gasteiger partial charge on any atom is -0.460 e. The standard InChI is InChI=1S/C9H18BrNO2/c1-9(2,3)13-8(12)7(6-11)4-5-10/h7H,4-6,11H2,1-3H3. The molecule has 0 aliphatic rings. The van der Waals surface area contributed by atoms with Crippen molar-refractivity contribution < 1.29 is 9.53 Å². The predicted molar refractivity (Wildman–Crippen MR) is 56.8 cm³/mol. The fourth-order valence-electron chi connectivity index (χ4n) is 0.849. The summed E-state index contributed by atoms with van der Waals surface area (Å²) in [5.41, 5.74) is 5.04. The average molecular weight is 252 g/mol. The van der Waals surface area contributed by atoms with Crippen molar-refractivity contribution in [3.8, 4) is 0 Å². The molecule has 0 radical (unpaired) electrons. The number of halogens is 1. The van der Waals surface area contributed by atoms with Gasteiger partial charge in [-0.25, -0.2) is 0 Å². The van der Waals surface area contributed by atoms with Crippen molar-refractivity contribution in [2.45, 2.75) is 32.8 Å². The third-order valence-electron chi connectivity index (χ3n) is 1.48. The van der Waals surface area contributed by atoms with Crippen LogP contribution in [0.5, 0.6) is 0 Å². The number of nitrogens with two attached hydrogens (primary N) is 1. The first kappa shape index (κ1) is 12.9. The summed E-state index contributed by atoms with van der Waals surface area (Å²) in [4.78, 5) is 11.5. The smallest absolute Gasteiger partial charge is 0.310 e. The van der Waals surface area contributed by atoms with Crippen molar-refractivity contribution in [2.24, 2.45) is 11.7 Å². The van der Waals surface area contributed by atoms with Gasteiger partial charge in [0.25, 0.3) is 0 Å². The molecule has 3 nitrogen and oxygen atoms in total. The summed E-state index contributed by atoms with van der Waals surface area (Å²) in [5.74, 6) is -0.381. The van der Waals surface area contributed by atoms with E-state index in [1.807, 2.05) is 20.8 Å². The van der Waals surface area contributed by atoms with Crippen molar-refractivity contribution in [3.05, 3.63) is 0 Å². The molecule has 4 heteroatoms. The van der Waals surface area contributed by atoms with E-state index in [2.05, 4.69) is 15.9 Å². The van der Waals surface area contributed by atoms with Crippen LogP contribution in [0.4, 0.5) is 0 Å². The molecule has 0 aliphatic carbocycles. The summed E-state index contributed by atoms with van der Waals surface area (Å²) in [6.07, 6.45) is 0.728. The normalized spacial score (nSPS) is 13.9. The zero-order chi connectivity index (χ0) is 10.5. The summed E-state index contributed by atoms with van der Waals surface area (Å²) >= 11 is 3.28. The van der Waals surface area contributed by atoms with Crippen molar-refractivity contribution in [1.82, 2.24) is 0 Å². The van der Waals surface area contributed by atoms with Crippen LogP contribution in [0.25, 0.3) is 0 Å². The molecule has 0 bridgehead atoms. The van der Waals surface area contributed by atoms with Gasteiger partial charge in [-0.3, -0.25) is 4.79 Å². The van der Waals surface area contributed by atoms with E-state index in [1.54, 1.807) is 0 Å². The molecule has 0 heterocycles. The van der Waals surface area contributed by atoms with Gasteiger partial charge in [-0.15, -0.1) is 0 Å². The van der Waals surface area contributed by atoms with Crippen LogP contribution in [-0.2, 0) is 9.53 Å². The first-order valence-corrected chi connectivity index (χ1v) is 5.51. The fourth-order valence-corrected chi connectivity index (χ4v) is 1.40. The molecule has 0 aromatic carbocycles. The van der Waals surface area contributed by atoms with Gasteiger partial charge in [0, 0.05) is 11.9 Å². The Morgan fingerprint density at radius 1 is 1.54 bits per heavy atom. The zero-order valence-electron chi connectivity index (χ0n) is 8.47. The monoisotopic (exact) mass is 251 g/mol.